The Hall–Kier alpha value is -1.85. The first-order chi connectivity index (χ1) is 8.59. The first-order valence-electron chi connectivity index (χ1n) is 6.03. The van der Waals surface area contributed by atoms with Gasteiger partial charge in [0.2, 0.25) is 11.8 Å². The van der Waals surface area contributed by atoms with Crippen LogP contribution in [0.4, 0.5) is 0 Å². The summed E-state index contributed by atoms with van der Waals surface area (Å²) in [5, 5.41) is 11.8. The second kappa shape index (κ2) is 5.20. The summed E-state index contributed by atoms with van der Waals surface area (Å²) in [4.78, 5) is 36.1. The average Bonchev–Trinajstić information content (AvgIpc) is 2.38. The molecular weight excluding hydrogens is 236 g/mol. The molecule has 0 aromatic rings. The number of hydrogen-bond acceptors (Lipinski definition) is 3. The summed E-state index contributed by atoms with van der Waals surface area (Å²) >= 11 is 0. The summed E-state index contributed by atoms with van der Waals surface area (Å²) in [5.41, 5.74) is 0. The molecule has 1 heterocycles. The van der Waals surface area contributed by atoms with Crippen molar-refractivity contribution in [1.29, 1.82) is 0 Å². The number of carboxylic acids is 1. The molecule has 0 aromatic heterocycles. The molecule has 1 aliphatic heterocycles. The minimum atomic E-state index is -0.945. The molecule has 2 amide bonds. The van der Waals surface area contributed by atoms with Crippen molar-refractivity contribution in [2.75, 3.05) is 19.6 Å². The normalized spacial score (nSPS) is 27.8. The maximum Gasteiger partial charge on any atom is 0.307 e. The number of hydrogen-bond donors (Lipinski definition) is 2. The van der Waals surface area contributed by atoms with Gasteiger partial charge in [-0.1, -0.05) is 12.2 Å². The maximum atomic E-state index is 12.3. The van der Waals surface area contributed by atoms with Crippen molar-refractivity contribution >= 4 is 17.8 Å². The number of amides is 2. The SMILES string of the molecule is O=C1CN(C(=O)C2CC=CCC2C(=O)O)CCN1. The zero-order valence-corrected chi connectivity index (χ0v) is 9.96. The Morgan fingerprint density at radius 3 is 2.56 bits per heavy atom. The van der Waals surface area contributed by atoms with E-state index in [2.05, 4.69) is 5.32 Å². The van der Waals surface area contributed by atoms with Gasteiger partial charge in [0, 0.05) is 13.1 Å². The van der Waals surface area contributed by atoms with Crippen LogP contribution in [0.1, 0.15) is 12.8 Å². The average molecular weight is 252 g/mol. The Balaban J connectivity index is 2.08. The Morgan fingerprint density at radius 2 is 1.94 bits per heavy atom. The molecule has 18 heavy (non-hydrogen) atoms. The number of carbonyl (C=O) groups is 3. The van der Waals surface area contributed by atoms with Crippen molar-refractivity contribution in [2.45, 2.75) is 12.8 Å². The van der Waals surface area contributed by atoms with E-state index in [1.54, 1.807) is 6.08 Å². The van der Waals surface area contributed by atoms with Crippen LogP contribution >= 0.6 is 0 Å². The van der Waals surface area contributed by atoms with E-state index in [1.807, 2.05) is 6.08 Å². The topological polar surface area (TPSA) is 86.7 Å². The summed E-state index contributed by atoms with van der Waals surface area (Å²) in [6.07, 6.45) is 4.46. The van der Waals surface area contributed by atoms with E-state index >= 15 is 0 Å². The Labute approximate surface area is 105 Å². The predicted molar refractivity (Wildman–Crippen MR) is 62.6 cm³/mol. The lowest BCUT2D eigenvalue weighted by molar-refractivity contribution is -0.151. The fourth-order valence-corrected chi connectivity index (χ4v) is 2.42. The number of carbonyl (C=O) groups excluding carboxylic acids is 2. The molecule has 0 spiro atoms. The highest BCUT2D eigenvalue weighted by Crippen LogP contribution is 2.27. The number of rotatable bonds is 2. The number of nitrogens with zero attached hydrogens (tertiary/aromatic N) is 1. The van der Waals surface area contributed by atoms with Gasteiger partial charge >= 0.3 is 5.97 Å². The first kappa shape index (κ1) is 12.6. The molecule has 0 saturated carbocycles. The quantitative estimate of drug-likeness (QED) is 0.655. The molecule has 1 saturated heterocycles. The summed E-state index contributed by atoms with van der Waals surface area (Å²) in [6.45, 7) is 0.924. The van der Waals surface area contributed by atoms with Gasteiger partial charge in [0.25, 0.3) is 0 Å². The van der Waals surface area contributed by atoms with Crippen molar-refractivity contribution in [3.8, 4) is 0 Å². The zero-order valence-electron chi connectivity index (χ0n) is 9.96. The van der Waals surface area contributed by atoms with E-state index in [4.69, 9.17) is 5.11 Å². The molecule has 1 fully saturated rings. The minimum Gasteiger partial charge on any atom is -0.481 e. The fraction of sp³-hybridized carbons (Fsp3) is 0.583. The first-order valence-corrected chi connectivity index (χ1v) is 6.03. The highest BCUT2D eigenvalue weighted by atomic mass is 16.4. The number of aliphatic carboxylic acids is 1. The third-order valence-corrected chi connectivity index (χ3v) is 3.42. The van der Waals surface area contributed by atoms with Gasteiger partial charge in [-0.2, -0.15) is 0 Å². The number of carboxylic acid groups (broad SMARTS) is 1. The smallest absolute Gasteiger partial charge is 0.307 e. The van der Waals surface area contributed by atoms with Gasteiger partial charge in [-0.25, -0.2) is 0 Å². The van der Waals surface area contributed by atoms with Crippen LogP contribution in [0.15, 0.2) is 12.2 Å². The molecule has 2 unspecified atom stereocenters. The highest BCUT2D eigenvalue weighted by Gasteiger charge is 2.37. The summed E-state index contributed by atoms with van der Waals surface area (Å²) < 4.78 is 0. The third kappa shape index (κ3) is 2.52. The molecule has 0 bridgehead atoms. The Morgan fingerprint density at radius 1 is 1.28 bits per heavy atom. The van der Waals surface area contributed by atoms with Crippen LogP contribution < -0.4 is 5.32 Å². The molecule has 6 heteroatoms. The van der Waals surface area contributed by atoms with Crippen LogP contribution in [0.3, 0.4) is 0 Å². The van der Waals surface area contributed by atoms with Crippen molar-refractivity contribution < 1.29 is 19.5 Å². The van der Waals surface area contributed by atoms with E-state index in [9.17, 15) is 14.4 Å². The van der Waals surface area contributed by atoms with E-state index in [0.29, 0.717) is 25.9 Å². The lowest BCUT2D eigenvalue weighted by atomic mass is 9.82. The second-order valence-electron chi connectivity index (χ2n) is 4.60. The van der Waals surface area contributed by atoms with Crippen molar-refractivity contribution in [2.24, 2.45) is 11.8 Å². The van der Waals surface area contributed by atoms with Gasteiger partial charge in [-0.05, 0) is 12.8 Å². The Bertz CT molecular complexity index is 405. The van der Waals surface area contributed by atoms with E-state index in [0.717, 1.165) is 0 Å². The van der Waals surface area contributed by atoms with Crippen LogP contribution in [0, 0.1) is 11.8 Å². The van der Waals surface area contributed by atoms with Crippen LogP contribution in [-0.2, 0) is 14.4 Å². The maximum absolute atomic E-state index is 12.3. The number of piperazine rings is 1. The highest BCUT2D eigenvalue weighted by molar-refractivity contribution is 5.89. The molecule has 2 atom stereocenters. The van der Waals surface area contributed by atoms with Gasteiger partial charge in [0.15, 0.2) is 0 Å². The van der Waals surface area contributed by atoms with Crippen molar-refractivity contribution in [1.82, 2.24) is 10.2 Å². The lowest BCUT2D eigenvalue weighted by Crippen LogP contribution is -2.53. The van der Waals surface area contributed by atoms with Gasteiger partial charge in [0.05, 0.1) is 18.4 Å². The second-order valence-corrected chi connectivity index (χ2v) is 4.60. The summed E-state index contributed by atoms with van der Waals surface area (Å²) in [7, 11) is 0. The van der Waals surface area contributed by atoms with Gasteiger partial charge in [0.1, 0.15) is 0 Å². The molecule has 98 valence electrons. The summed E-state index contributed by atoms with van der Waals surface area (Å²) in [6, 6.07) is 0. The van der Waals surface area contributed by atoms with E-state index < -0.39 is 17.8 Å². The van der Waals surface area contributed by atoms with Crippen LogP contribution in [-0.4, -0.2) is 47.4 Å². The minimum absolute atomic E-state index is 0.0331. The molecule has 2 rings (SSSR count). The standard InChI is InChI=1S/C12H16N2O4/c15-10-7-14(6-5-13-10)11(16)8-3-1-2-4-9(8)12(17)18/h1-2,8-9H,3-7H2,(H,13,15)(H,17,18). The zero-order chi connectivity index (χ0) is 13.1. The monoisotopic (exact) mass is 252 g/mol. The van der Waals surface area contributed by atoms with Crippen LogP contribution in [0.5, 0.6) is 0 Å². The van der Waals surface area contributed by atoms with E-state index in [-0.39, 0.29) is 18.4 Å². The number of allylic oxidation sites excluding steroid dienone is 2. The molecule has 0 radical (unpaired) electrons. The molecule has 6 nitrogen and oxygen atoms in total. The van der Waals surface area contributed by atoms with Gasteiger partial charge < -0.3 is 15.3 Å². The van der Waals surface area contributed by atoms with Crippen molar-refractivity contribution in [3.05, 3.63) is 12.2 Å². The molecule has 0 aromatic carbocycles. The molecule has 1 aliphatic carbocycles. The summed E-state index contributed by atoms with van der Waals surface area (Å²) in [5.74, 6) is -2.57. The van der Waals surface area contributed by atoms with E-state index in [1.165, 1.54) is 4.90 Å². The predicted octanol–water partition coefficient (Wildman–Crippen LogP) is -0.388. The molecular formula is C12H16N2O4. The fourth-order valence-electron chi connectivity index (χ4n) is 2.42. The van der Waals surface area contributed by atoms with Crippen LogP contribution in [0.2, 0.25) is 0 Å². The third-order valence-electron chi connectivity index (χ3n) is 3.42. The lowest BCUT2D eigenvalue weighted by Gasteiger charge is -2.32. The van der Waals surface area contributed by atoms with Gasteiger partial charge in [-0.3, -0.25) is 14.4 Å². The van der Waals surface area contributed by atoms with Gasteiger partial charge in [-0.15, -0.1) is 0 Å². The molecule has 2 N–H and O–H groups in total. The van der Waals surface area contributed by atoms with Crippen LogP contribution in [0.25, 0.3) is 0 Å². The largest absolute Gasteiger partial charge is 0.481 e. The van der Waals surface area contributed by atoms with Crippen molar-refractivity contribution in [3.63, 3.8) is 0 Å². The number of nitrogens with one attached hydrogen (secondary N) is 1. The Kier molecular flexibility index (Phi) is 3.64. The molecule has 2 aliphatic rings.